The van der Waals surface area contributed by atoms with Gasteiger partial charge < -0.3 is 5.32 Å². The second-order valence-corrected chi connectivity index (χ2v) is 4.09. The Hall–Kier alpha value is -1.75. The summed E-state index contributed by atoms with van der Waals surface area (Å²) in [6.07, 6.45) is -0.657. The molecule has 96 valence electrons. The predicted octanol–water partition coefficient (Wildman–Crippen LogP) is 2.65. The minimum absolute atomic E-state index is 0.0605. The summed E-state index contributed by atoms with van der Waals surface area (Å²) in [4.78, 5) is 0. The first-order chi connectivity index (χ1) is 8.66. The highest BCUT2D eigenvalue weighted by molar-refractivity contribution is 5.23. The topological polar surface area (TPSA) is 29.9 Å². The van der Waals surface area contributed by atoms with Crippen LogP contribution in [0.5, 0.6) is 0 Å². The van der Waals surface area contributed by atoms with Crippen LogP contribution in [0.3, 0.4) is 0 Å². The number of nitrogens with one attached hydrogen (secondary N) is 1. The normalized spacial score (nSPS) is 11.1. The van der Waals surface area contributed by atoms with Gasteiger partial charge in [-0.2, -0.15) is 5.10 Å². The summed E-state index contributed by atoms with van der Waals surface area (Å²) >= 11 is 0. The van der Waals surface area contributed by atoms with Gasteiger partial charge in [0, 0.05) is 31.9 Å². The molecular formula is C13H15F2N3. The summed E-state index contributed by atoms with van der Waals surface area (Å²) < 4.78 is 26.5. The standard InChI is InChI=1S/C13H15F2N3/c1-18-12(6-7-17-18)9-16-8-10-2-4-11(5-3-10)13(14)15/h2-7,13,16H,8-9H2,1H3. The van der Waals surface area contributed by atoms with Crippen molar-refractivity contribution in [2.45, 2.75) is 19.5 Å². The summed E-state index contributed by atoms with van der Waals surface area (Å²) in [5.74, 6) is 0. The van der Waals surface area contributed by atoms with Crippen molar-refractivity contribution < 1.29 is 8.78 Å². The monoisotopic (exact) mass is 251 g/mol. The molecule has 1 N–H and O–H groups in total. The van der Waals surface area contributed by atoms with Gasteiger partial charge in [0.1, 0.15) is 0 Å². The quantitative estimate of drug-likeness (QED) is 0.885. The summed E-state index contributed by atoms with van der Waals surface area (Å²) in [5, 5.41) is 7.31. The van der Waals surface area contributed by atoms with E-state index in [1.54, 1.807) is 23.0 Å². The zero-order valence-corrected chi connectivity index (χ0v) is 10.1. The number of halogens is 2. The molecule has 0 atom stereocenters. The fourth-order valence-corrected chi connectivity index (χ4v) is 1.69. The van der Waals surface area contributed by atoms with Crippen molar-refractivity contribution in [1.82, 2.24) is 15.1 Å². The lowest BCUT2D eigenvalue weighted by Crippen LogP contribution is -2.15. The number of nitrogens with zero attached hydrogens (tertiary/aromatic N) is 2. The maximum absolute atomic E-state index is 12.4. The highest BCUT2D eigenvalue weighted by atomic mass is 19.3. The van der Waals surface area contributed by atoms with E-state index in [0.29, 0.717) is 13.1 Å². The molecule has 2 rings (SSSR count). The van der Waals surface area contributed by atoms with Gasteiger partial charge in [-0.05, 0) is 11.6 Å². The van der Waals surface area contributed by atoms with E-state index in [0.717, 1.165) is 11.3 Å². The third-order valence-corrected chi connectivity index (χ3v) is 2.79. The van der Waals surface area contributed by atoms with Gasteiger partial charge in [0.05, 0.1) is 5.69 Å². The second kappa shape index (κ2) is 5.73. The number of aryl methyl sites for hydroxylation is 1. The Labute approximate surface area is 104 Å². The van der Waals surface area contributed by atoms with Gasteiger partial charge in [-0.15, -0.1) is 0 Å². The Morgan fingerprint density at radius 2 is 1.89 bits per heavy atom. The number of aromatic nitrogens is 2. The van der Waals surface area contributed by atoms with E-state index in [1.165, 1.54) is 12.1 Å². The molecule has 2 aromatic rings. The molecule has 0 radical (unpaired) electrons. The molecule has 1 heterocycles. The molecule has 1 aromatic heterocycles. The molecule has 0 saturated heterocycles. The van der Waals surface area contributed by atoms with Gasteiger partial charge in [-0.3, -0.25) is 4.68 Å². The van der Waals surface area contributed by atoms with Crippen molar-refractivity contribution in [1.29, 1.82) is 0 Å². The van der Waals surface area contributed by atoms with Crippen molar-refractivity contribution in [2.24, 2.45) is 7.05 Å². The van der Waals surface area contributed by atoms with E-state index in [2.05, 4.69) is 10.4 Å². The first-order valence-electron chi connectivity index (χ1n) is 5.71. The lowest BCUT2D eigenvalue weighted by Gasteiger charge is -2.06. The molecule has 5 heteroatoms. The molecular weight excluding hydrogens is 236 g/mol. The minimum atomic E-state index is -2.40. The average Bonchev–Trinajstić information content (AvgIpc) is 2.76. The first kappa shape index (κ1) is 12.7. The Balaban J connectivity index is 1.85. The van der Waals surface area contributed by atoms with Crippen molar-refractivity contribution >= 4 is 0 Å². The fourth-order valence-electron chi connectivity index (χ4n) is 1.69. The average molecular weight is 251 g/mol. The summed E-state index contributed by atoms with van der Waals surface area (Å²) in [5.41, 5.74) is 2.13. The summed E-state index contributed by atoms with van der Waals surface area (Å²) in [6.45, 7) is 1.35. The van der Waals surface area contributed by atoms with Gasteiger partial charge >= 0.3 is 0 Å². The predicted molar refractivity (Wildman–Crippen MR) is 65.2 cm³/mol. The van der Waals surface area contributed by atoms with Crippen LogP contribution >= 0.6 is 0 Å². The van der Waals surface area contributed by atoms with Crippen LogP contribution in [-0.2, 0) is 20.1 Å². The molecule has 0 aliphatic rings. The third-order valence-electron chi connectivity index (χ3n) is 2.79. The van der Waals surface area contributed by atoms with Gasteiger partial charge in [0.2, 0.25) is 0 Å². The van der Waals surface area contributed by atoms with Gasteiger partial charge in [-0.25, -0.2) is 8.78 Å². The molecule has 18 heavy (non-hydrogen) atoms. The Bertz CT molecular complexity index is 491. The van der Waals surface area contributed by atoms with Crippen LogP contribution in [0.2, 0.25) is 0 Å². The van der Waals surface area contributed by atoms with Crippen molar-refractivity contribution in [3.8, 4) is 0 Å². The van der Waals surface area contributed by atoms with Gasteiger partial charge in [-0.1, -0.05) is 24.3 Å². The largest absolute Gasteiger partial charge is 0.307 e. The van der Waals surface area contributed by atoms with Crippen molar-refractivity contribution in [3.63, 3.8) is 0 Å². The summed E-state index contributed by atoms with van der Waals surface area (Å²) in [7, 11) is 1.88. The zero-order valence-electron chi connectivity index (χ0n) is 10.1. The third kappa shape index (κ3) is 3.13. The molecule has 0 saturated carbocycles. The highest BCUT2D eigenvalue weighted by Gasteiger charge is 2.05. The summed E-state index contributed by atoms with van der Waals surface area (Å²) in [6, 6.07) is 8.31. The first-order valence-corrected chi connectivity index (χ1v) is 5.71. The fraction of sp³-hybridized carbons (Fsp3) is 0.308. The molecule has 0 unspecified atom stereocenters. The van der Waals surface area contributed by atoms with E-state index in [1.807, 2.05) is 13.1 Å². The van der Waals surface area contributed by atoms with Crippen LogP contribution in [-0.4, -0.2) is 9.78 Å². The molecule has 0 aliphatic carbocycles. The smallest absolute Gasteiger partial charge is 0.263 e. The van der Waals surface area contributed by atoms with E-state index < -0.39 is 6.43 Å². The Kier molecular flexibility index (Phi) is 4.04. The lowest BCUT2D eigenvalue weighted by atomic mass is 10.1. The second-order valence-electron chi connectivity index (χ2n) is 4.09. The SMILES string of the molecule is Cn1nccc1CNCc1ccc(C(F)F)cc1. The number of alkyl halides is 2. The van der Waals surface area contributed by atoms with Crippen LogP contribution in [0.15, 0.2) is 36.5 Å². The molecule has 3 nitrogen and oxygen atoms in total. The number of hydrogen-bond acceptors (Lipinski definition) is 2. The van der Waals surface area contributed by atoms with Crippen molar-refractivity contribution in [2.75, 3.05) is 0 Å². The van der Waals surface area contributed by atoms with E-state index in [4.69, 9.17) is 0 Å². The Morgan fingerprint density at radius 1 is 1.17 bits per heavy atom. The van der Waals surface area contributed by atoms with Crippen LogP contribution in [0.25, 0.3) is 0 Å². The number of benzene rings is 1. The van der Waals surface area contributed by atoms with Crippen molar-refractivity contribution in [3.05, 3.63) is 53.3 Å². The number of rotatable bonds is 5. The van der Waals surface area contributed by atoms with E-state index in [9.17, 15) is 8.78 Å². The van der Waals surface area contributed by atoms with Crippen LogP contribution < -0.4 is 5.32 Å². The molecule has 0 fully saturated rings. The van der Waals surface area contributed by atoms with Crippen LogP contribution in [0.4, 0.5) is 8.78 Å². The maximum atomic E-state index is 12.4. The van der Waals surface area contributed by atoms with E-state index in [-0.39, 0.29) is 5.56 Å². The maximum Gasteiger partial charge on any atom is 0.263 e. The molecule has 0 amide bonds. The lowest BCUT2D eigenvalue weighted by molar-refractivity contribution is 0.151. The minimum Gasteiger partial charge on any atom is -0.307 e. The molecule has 0 spiro atoms. The van der Waals surface area contributed by atoms with E-state index >= 15 is 0 Å². The molecule has 0 aliphatic heterocycles. The molecule has 0 bridgehead atoms. The highest BCUT2D eigenvalue weighted by Crippen LogP contribution is 2.18. The molecule has 1 aromatic carbocycles. The Morgan fingerprint density at radius 3 is 2.44 bits per heavy atom. The van der Waals surface area contributed by atoms with Crippen LogP contribution in [0.1, 0.15) is 23.2 Å². The number of hydrogen-bond donors (Lipinski definition) is 1. The van der Waals surface area contributed by atoms with Gasteiger partial charge in [0.25, 0.3) is 6.43 Å². The zero-order chi connectivity index (χ0) is 13.0. The van der Waals surface area contributed by atoms with Crippen LogP contribution in [0, 0.1) is 0 Å². The van der Waals surface area contributed by atoms with Gasteiger partial charge in [0.15, 0.2) is 0 Å².